The van der Waals surface area contributed by atoms with E-state index in [1.54, 1.807) is 12.4 Å². The SMILES string of the molecule is c1cncc(-c2ccc(-c3ccc(-c4c5ccccc5c(-c5ccc(-c6ccc(-c7cccnc7)nc6)cc5)c5ccccc45)cc3)cn2)c1. The Morgan fingerprint density at radius 1 is 0.260 bits per heavy atom. The maximum absolute atomic E-state index is 4.72. The van der Waals surface area contributed by atoms with E-state index < -0.39 is 0 Å². The number of fused-ring (bicyclic) bond motifs is 2. The Kier molecular flexibility index (Phi) is 7.45. The summed E-state index contributed by atoms with van der Waals surface area (Å²) in [4.78, 5) is 17.9. The summed E-state index contributed by atoms with van der Waals surface area (Å²) >= 11 is 0. The molecule has 0 aliphatic rings. The molecule has 0 saturated heterocycles. The summed E-state index contributed by atoms with van der Waals surface area (Å²) in [5.74, 6) is 0. The Balaban J connectivity index is 1.08. The van der Waals surface area contributed by atoms with E-state index in [1.165, 1.54) is 43.8 Å². The van der Waals surface area contributed by atoms with Gasteiger partial charge in [0.15, 0.2) is 0 Å². The van der Waals surface area contributed by atoms with Gasteiger partial charge in [-0.1, -0.05) is 109 Å². The minimum Gasteiger partial charge on any atom is -0.264 e. The average Bonchev–Trinajstić information content (AvgIpc) is 3.21. The van der Waals surface area contributed by atoms with E-state index in [0.717, 1.165) is 44.8 Å². The van der Waals surface area contributed by atoms with Crippen LogP contribution in [0.4, 0.5) is 0 Å². The second-order valence-corrected chi connectivity index (χ2v) is 12.3. The Morgan fingerprint density at radius 3 is 0.940 bits per heavy atom. The van der Waals surface area contributed by atoms with Crippen LogP contribution in [0.25, 0.3) is 88.6 Å². The molecule has 234 valence electrons. The van der Waals surface area contributed by atoms with Gasteiger partial charge in [-0.3, -0.25) is 19.9 Å². The lowest BCUT2D eigenvalue weighted by molar-refractivity contribution is 1.28. The van der Waals surface area contributed by atoms with Crippen molar-refractivity contribution in [1.29, 1.82) is 0 Å². The van der Waals surface area contributed by atoms with Crippen molar-refractivity contribution in [3.05, 3.63) is 183 Å². The summed E-state index contributed by atoms with van der Waals surface area (Å²) in [5.41, 5.74) is 13.1. The largest absolute Gasteiger partial charge is 0.264 e. The molecule has 4 aromatic heterocycles. The van der Waals surface area contributed by atoms with Crippen LogP contribution in [0.1, 0.15) is 0 Å². The molecule has 9 aromatic rings. The van der Waals surface area contributed by atoms with Gasteiger partial charge >= 0.3 is 0 Å². The molecule has 4 heteroatoms. The van der Waals surface area contributed by atoms with Crippen molar-refractivity contribution >= 4 is 21.5 Å². The highest BCUT2D eigenvalue weighted by molar-refractivity contribution is 6.21. The molecule has 0 spiro atoms. The zero-order valence-corrected chi connectivity index (χ0v) is 27.1. The summed E-state index contributed by atoms with van der Waals surface area (Å²) in [5, 5.41) is 4.93. The van der Waals surface area contributed by atoms with Crippen molar-refractivity contribution in [1.82, 2.24) is 19.9 Å². The molecule has 0 radical (unpaired) electrons. The first-order valence-corrected chi connectivity index (χ1v) is 16.7. The van der Waals surface area contributed by atoms with Gasteiger partial charge in [0.1, 0.15) is 0 Å². The maximum atomic E-state index is 4.72. The standard InChI is InChI=1S/C46H30N4/c1-2-10-40-39(9-1)45(33-17-13-31(14-18-33)35-21-23-43(49-29-35)37-7-5-25-47-27-37)41-11-3-4-12-42(41)46(40)34-19-15-32(16-20-34)36-22-24-44(50-30-36)38-8-6-26-48-28-38/h1-30H. The molecule has 0 aliphatic heterocycles. The molecule has 0 atom stereocenters. The summed E-state index contributed by atoms with van der Waals surface area (Å²) in [6.07, 6.45) is 11.1. The summed E-state index contributed by atoms with van der Waals surface area (Å²) in [7, 11) is 0. The van der Waals surface area contributed by atoms with Crippen molar-refractivity contribution in [2.45, 2.75) is 0 Å². The van der Waals surface area contributed by atoms with Gasteiger partial charge in [-0.25, -0.2) is 0 Å². The van der Waals surface area contributed by atoms with Gasteiger partial charge in [0, 0.05) is 59.4 Å². The quantitative estimate of drug-likeness (QED) is 0.170. The van der Waals surface area contributed by atoms with Crippen molar-refractivity contribution in [3.63, 3.8) is 0 Å². The first-order valence-electron chi connectivity index (χ1n) is 16.7. The van der Waals surface area contributed by atoms with Crippen LogP contribution in [0.15, 0.2) is 183 Å². The highest BCUT2D eigenvalue weighted by atomic mass is 14.7. The van der Waals surface area contributed by atoms with E-state index in [4.69, 9.17) is 9.97 Å². The van der Waals surface area contributed by atoms with Gasteiger partial charge in [-0.2, -0.15) is 0 Å². The molecule has 0 amide bonds. The molecular weight excluding hydrogens is 609 g/mol. The molecule has 4 nitrogen and oxygen atoms in total. The third-order valence-corrected chi connectivity index (χ3v) is 9.39. The fraction of sp³-hybridized carbons (Fsp3) is 0. The third kappa shape index (κ3) is 5.39. The highest BCUT2D eigenvalue weighted by Gasteiger charge is 2.17. The lowest BCUT2D eigenvalue weighted by Crippen LogP contribution is -1.91. The van der Waals surface area contributed by atoms with Crippen LogP contribution in [-0.2, 0) is 0 Å². The van der Waals surface area contributed by atoms with Gasteiger partial charge in [0.2, 0.25) is 0 Å². The monoisotopic (exact) mass is 638 g/mol. The van der Waals surface area contributed by atoms with Crippen LogP contribution in [-0.4, -0.2) is 19.9 Å². The van der Waals surface area contributed by atoms with Crippen LogP contribution < -0.4 is 0 Å². The molecule has 5 aromatic carbocycles. The molecule has 9 rings (SSSR count). The van der Waals surface area contributed by atoms with E-state index >= 15 is 0 Å². The lowest BCUT2D eigenvalue weighted by atomic mass is 9.85. The maximum Gasteiger partial charge on any atom is 0.0717 e. The molecule has 4 heterocycles. The number of rotatable bonds is 6. The number of aromatic nitrogens is 4. The summed E-state index contributed by atoms with van der Waals surface area (Å²) in [6.45, 7) is 0. The van der Waals surface area contributed by atoms with Crippen molar-refractivity contribution < 1.29 is 0 Å². The van der Waals surface area contributed by atoms with Gasteiger partial charge in [-0.05, 0) is 91.3 Å². The Hall–Kier alpha value is -6.78. The zero-order chi connectivity index (χ0) is 33.3. The number of pyridine rings is 4. The molecule has 0 saturated carbocycles. The zero-order valence-electron chi connectivity index (χ0n) is 27.1. The average molecular weight is 639 g/mol. The number of nitrogens with zero attached hydrogens (tertiary/aromatic N) is 4. The molecule has 0 aliphatic carbocycles. The van der Waals surface area contributed by atoms with E-state index in [9.17, 15) is 0 Å². The fourth-order valence-electron chi connectivity index (χ4n) is 6.91. The molecule has 0 N–H and O–H groups in total. The number of benzene rings is 5. The van der Waals surface area contributed by atoms with Crippen LogP contribution >= 0.6 is 0 Å². The minimum absolute atomic E-state index is 0.915. The number of hydrogen-bond acceptors (Lipinski definition) is 4. The van der Waals surface area contributed by atoms with Crippen molar-refractivity contribution in [2.75, 3.05) is 0 Å². The smallest absolute Gasteiger partial charge is 0.0717 e. The van der Waals surface area contributed by atoms with Gasteiger partial charge in [-0.15, -0.1) is 0 Å². The second kappa shape index (κ2) is 12.7. The molecule has 0 bridgehead atoms. The van der Waals surface area contributed by atoms with Gasteiger partial charge < -0.3 is 0 Å². The topological polar surface area (TPSA) is 51.6 Å². The molecular formula is C46H30N4. The Bertz CT molecular complexity index is 2340. The predicted molar refractivity (Wildman–Crippen MR) is 205 cm³/mol. The molecule has 50 heavy (non-hydrogen) atoms. The number of hydrogen-bond donors (Lipinski definition) is 0. The fourth-order valence-corrected chi connectivity index (χ4v) is 6.91. The van der Waals surface area contributed by atoms with Gasteiger partial charge in [0.05, 0.1) is 11.4 Å². The lowest BCUT2D eigenvalue weighted by Gasteiger charge is -2.18. The van der Waals surface area contributed by atoms with Crippen molar-refractivity contribution in [2.24, 2.45) is 0 Å². The van der Waals surface area contributed by atoms with E-state index in [0.29, 0.717) is 0 Å². The second-order valence-electron chi connectivity index (χ2n) is 12.3. The summed E-state index contributed by atoms with van der Waals surface area (Å²) < 4.78 is 0. The van der Waals surface area contributed by atoms with E-state index in [1.807, 2.05) is 49.1 Å². The third-order valence-electron chi connectivity index (χ3n) is 9.39. The van der Waals surface area contributed by atoms with Crippen LogP contribution in [0.2, 0.25) is 0 Å². The van der Waals surface area contributed by atoms with Crippen LogP contribution in [0.5, 0.6) is 0 Å². The van der Waals surface area contributed by atoms with E-state index in [-0.39, 0.29) is 0 Å². The predicted octanol–water partition coefficient (Wildman–Crippen LogP) is 11.6. The Morgan fingerprint density at radius 2 is 0.620 bits per heavy atom. The Labute approximate surface area is 290 Å². The van der Waals surface area contributed by atoms with E-state index in [2.05, 4.69) is 131 Å². The molecule has 0 unspecified atom stereocenters. The normalized spacial score (nSPS) is 11.2. The van der Waals surface area contributed by atoms with Crippen LogP contribution in [0, 0.1) is 0 Å². The summed E-state index contributed by atoms with van der Waals surface area (Å²) in [6, 6.07) is 51.6. The van der Waals surface area contributed by atoms with Crippen molar-refractivity contribution in [3.8, 4) is 67.0 Å². The van der Waals surface area contributed by atoms with Gasteiger partial charge in [0.25, 0.3) is 0 Å². The highest BCUT2D eigenvalue weighted by Crippen LogP contribution is 2.44. The first-order chi connectivity index (χ1) is 24.8. The first kappa shape index (κ1) is 29.4. The van der Waals surface area contributed by atoms with Crippen LogP contribution in [0.3, 0.4) is 0 Å². The minimum atomic E-state index is 0.915. The molecule has 0 fully saturated rings.